The third kappa shape index (κ3) is 4.74. The summed E-state index contributed by atoms with van der Waals surface area (Å²) in [6, 6.07) is 62.7. The molecule has 10 rings (SSSR count). The van der Waals surface area contributed by atoms with Crippen molar-refractivity contribution in [3.63, 3.8) is 0 Å². The smallest absolute Gasteiger partial charge is 0.160 e. The van der Waals surface area contributed by atoms with Crippen molar-refractivity contribution in [2.75, 3.05) is 0 Å². The minimum atomic E-state index is -0.137. The second kappa shape index (κ2) is 11.8. The Morgan fingerprint density at radius 3 is 1.71 bits per heavy atom. The molecule has 9 aromatic rings. The van der Waals surface area contributed by atoms with Gasteiger partial charge in [0.25, 0.3) is 0 Å². The second-order valence-electron chi connectivity index (χ2n) is 14.2. The van der Waals surface area contributed by atoms with Crippen LogP contribution in [0.5, 0.6) is 0 Å². The highest BCUT2D eigenvalue weighted by atomic mass is 15.0. The van der Waals surface area contributed by atoms with Gasteiger partial charge in [-0.05, 0) is 57.6 Å². The zero-order chi connectivity index (χ0) is 34.8. The summed E-state index contributed by atoms with van der Waals surface area (Å²) in [5, 5.41) is 2.55. The largest absolute Gasteiger partial charge is 0.309 e. The van der Waals surface area contributed by atoms with Crippen LogP contribution in [0.2, 0.25) is 0 Å². The van der Waals surface area contributed by atoms with E-state index in [2.05, 4.69) is 170 Å². The predicted molar refractivity (Wildman–Crippen MR) is 216 cm³/mol. The average molecular weight is 666 g/mol. The van der Waals surface area contributed by atoms with Gasteiger partial charge in [-0.1, -0.05) is 166 Å². The minimum Gasteiger partial charge on any atom is -0.309 e. The molecule has 246 valence electrons. The topological polar surface area (TPSA) is 30.7 Å². The molecule has 3 heteroatoms. The van der Waals surface area contributed by atoms with E-state index < -0.39 is 0 Å². The fourth-order valence-electron chi connectivity index (χ4n) is 8.29. The normalized spacial score (nSPS) is 13.0. The summed E-state index contributed by atoms with van der Waals surface area (Å²) in [4.78, 5) is 10.2. The number of para-hydroxylation sites is 1. The number of nitrogens with zero attached hydrogens (tertiary/aromatic N) is 3. The molecule has 0 radical (unpaired) electrons. The van der Waals surface area contributed by atoms with E-state index in [-0.39, 0.29) is 5.41 Å². The number of hydrogen-bond acceptors (Lipinski definition) is 2. The number of hydrogen-bond donors (Lipinski definition) is 0. The van der Waals surface area contributed by atoms with E-state index >= 15 is 0 Å². The van der Waals surface area contributed by atoms with E-state index in [9.17, 15) is 0 Å². The van der Waals surface area contributed by atoms with E-state index in [1.165, 1.54) is 55.2 Å². The van der Waals surface area contributed by atoms with Crippen LogP contribution in [0.4, 0.5) is 0 Å². The highest BCUT2D eigenvalue weighted by molar-refractivity contribution is 6.13. The van der Waals surface area contributed by atoms with Crippen LogP contribution in [0.3, 0.4) is 0 Å². The van der Waals surface area contributed by atoms with E-state index in [4.69, 9.17) is 9.97 Å². The second-order valence-corrected chi connectivity index (χ2v) is 14.2. The van der Waals surface area contributed by atoms with Crippen LogP contribution < -0.4 is 0 Å². The summed E-state index contributed by atoms with van der Waals surface area (Å²) < 4.78 is 2.47. The first-order chi connectivity index (χ1) is 25.5. The molecule has 0 bridgehead atoms. The van der Waals surface area contributed by atoms with Crippen molar-refractivity contribution in [3.8, 4) is 61.8 Å². The molecule has 52 heavy (non-hydrogen) atoms. The maximum Gasteiger partial charge on any atom is 0.160 e. The van der Waals surface area contributed by atoms with Crippen LogP contribution in [-0.2, 0) is 5.41 Å². The number of fused-ring (bicyclic) bond motifs is 7. The Morgan fingerprint density at radius 1 is 0.442 bits per heavy atom. The van der Waals surface area contributed by atoms with Crippen LogP contribution in [0.1, 0.15) is 25.0 Å². The third-order valence-corrected chi connectivity index (χ3v) is 10.8. The van der Waals surface area contributed by atoms with Crippen molar-refractivity contribution in [1.29, 1.82) is 0 Å². The lowest BCUT2D eigenvalue weighted by atomic mass is 9.81. The van der Waals surface area contributed by atoms with Crippen molar-refractivity contribution in [3.05, 3.63) is 187 Å². The minimum absolute atomic E-state index is 0.137. The number of benzene rings is 7. The van der Waals surface area contributed by atoms with Gasteiger partial charge in [0.2, 0.25) is 0 Å². The third-order valence-electron chi connectivity index (χ3n) is 10.8. The van der Waals surface area contributed by atoms with Gasteiger partial charge in [-0.25, -0.2) is 9.97 Å². The maximum absolute atomic E-state index is 5.13. The molecule has 0 saturated carbocycles. The van der Waals surface area contributed by atoms with Crippen molar-refractivity contribution in [2.45, 2.75) is 19.3 Å². The predicted octanol–water partition coefficient (Wildman–Crippen LogP) is 12.5. The molecule has 0 aliphatic heterocycles. The van der Waals surface area contributed by atoms with E-state index in [0.29, 0.717) is 5.82 Å². The van der Waals surface area contributed by atoms with Gasteiger partial charge < -0.3 is 4.57 Å². The van der Waals surface area contributed by atoms with Gasteiger partial charge in [0, 0.05) is 38.6 Å². The average Bonchev–Trinajstić information content (AvgIpc) is 3.67. The Balaban J connectivity index is 1.11. The molecule has 0 saturated heterocycles. The maximum atomic E-state index is 5.13. The van der Waals surface area contributed by atoms with Crippen LogP contribution >= 0.6 is 0 Å². The van der Waals surface area contributed by atoms with Crippen LogP contribution in [0.25, 0.3) is 83.6 Å². The molecule has 0 unspecified atom stereocenters. The van der Waals surface area contributed by atoms with Crippen molar-refractivity contribution < 1.29 is 0 Å². The molecular weight excluding hydrogens is 631 g/mol. The Kier molecular flexibility index (Phi) is 6.84. The lowest BCUT2D eigenvalue weighted by Crippen LogP contribution is -2.16. The Hall–Kier alpha value is -6.58. The van der Waals surface area contributed by atoms with Gasteiger partial charge in [-0.3, -0.25) is 0 Å². The first kappa shape index (κ1) is 30.3. The summed E-state index contributed by atoms with van der Waals surface area (Å²) in [5.74, 6) is 0.712. The quantitative estimate of drug-likeness (QED) is 0.183. The van der Waals surface area contributed by atoms with Gasteiger partial charge in [0.05, 0.1) is 22.4 Å². The fourth-order valence-corrected chi connectivity index (χ4v) is 8.29. The standard InChI is InChI=1S/C49H35N3/c1-49(2)42-19-11-9-17-38(42)40-29-30-41-39-18-10-12-20-45(39)52(47(41)46(40)49)37-27-25-35(26-28-37)44-31-43(50-48(51-44)36-15-7-4-8-16-36)34-23-21-33(22-24-34)32-13-5-3-6-14-32/h3-31H,1-2H3. The van der Waals surface area contributed by atoms with Crippen LogP contribution in [0, 0.1) is 0 Å². The summed E-state index contributed by atoms with van der Waals surface area (Å²) in [6.45, 7) is 4.74. The van der Waals surface area contributed by atoms with E-state index in [1.54, 1.807) is 0 Å². The first-order valence-corrected chi connectivity index (χ1v) is 17.9. The summed E-state index contributed by atoms with van der Waals surface area (Å²) in [7, 11) is 0. The highest BCUT2D eigenvalue weighted by Gasteiger charge is 2.38. The van der Waals surface area contributed by atoms with Gasteiger partial charge in [-0.2, -0.15) is 0 Å². The molecular formula is C49H35N3. The summed E-state index contributed by atoms with van der Waals surface area (Å²) in [6.07, 6.45) is 0. The molecule has 1 aliphatic rings. The number of rotatable bonds is 5. The molecule has 0 N–H and O–H groups in total. The fraction of sp³-hybridized carbons (Fsp3) is 0.0612. The van der Waals surface area contributed by atoms with Gasteiger partial charge in [0.1, 0.15) is 0 Å². The summed E-state index contributed by atoms with van der Waals surface area (Å²) in [5.41, 5.74) is 16.2. The molecule has 2 heterocycles. The van der Waals surface area contributed by atoms with Crippen molar-refractivity contribution >= 4 is 21.8 Å². The lowest BCUT2D eigenvalue weighted by molar-refractivity contribution is 0.664. The zero-order valence-electron chi connectivity index (χ0n) is 29.1. The van der Waals surface area contributed by atoms with E-state index in [1.807, 2.05) is 24.3 Å². The monoisotopic (exact) mass is 665 g/mol. The van der Waals surface area contributed by atoms with Crippen LogP contribution in [0.15, 0.2) is 176 Å². The molecule has 1 aliphatic carbocycles. The lowest BCUT2D eigenvalue weighted by Gasteiger charge is -2.23. The number of aromatic nitrogens is 3. The molecule has 0 amide bonds. The zero-order valence-corrected chi connectivity index (χ0v) is 29.1. The van der Waals surface area contributed by atoms with Crippen molar-refractivity contribution in [1.82, 2.24) is 14.5 Å². The molecule has 0 fully saturated rings. The van der Waals surface area contributed by atoms with Gasteiger partial charge in [0.15, 0.2) is 5.82 Å². The first-order valence-electron chi connectivity index (χ1n) is 17.9. The van der Waals surface area contributed by atoms with Crippen LogP contribution in [-0.4, -0.2) is 14.5 Å². The summed E-state index contributed by atoms with van der Waals surface area (Å²) >= 11 is 0. The Labute approximate surface area is 303 Å². The van der Waals surface area contributed by atoms with Gasteiger partial charge >= 0.3 is 0 Å². The van der Waals surface area contributed by atoms with Gasteiger partial charge in [-0.15, -0.1) is 0 Å². The molecule has 3 nitrogen and oxygen atoms in total. The molecule has 2 aromatic heterocycles. The molecule has 0 spiro atoms. The van der Waals surface area contributed by atoms with Crippen molar-refractivity contribution in [2.24, 2.45) is 0 Å². The molecule has 7 aromatic carbocycles. The van der Waals surface area contributed by atoms with E-state index in [0.717, 1.165) is 33.8 Å². The Bertz CT molecular complexity index is 2780. The Morgan fingerprint density at radius 2 is 1.00 bits per heavy atom. The SMILES string of the molecule is CC1(C)c2ccccc2-c2ccc3c4ccccc4n(-c4ccc(-c5cc(-c6ccc(-c7ccccc7)cc6)nc(-c6ccccc6)n5)cc4)c3c21. The highest BCUT2D eigenvalue weighted by Crippen LogP contribution is 2.52. The molecule has 0 atom stereocenters.